The number of hydrogen-bond donors (Lipinski definition) is 2. The highest BCUT2D eigenvalue weighted by molar-refractivity contribution is 5.22. The molecule has 0 radical (unpaired) electrons. The third kappa shape index (κ3) is 2.40. The molecule has 2 heteroatoms. The molecule has 84 valence electrons. The van der Waals surface area contributed by atoms with Crippen molar-refractivity contribution in [1.82, 2.24) is 0 Å². The molecule has 0 heterocycles. The molecule has 4 N–H and O–H groups in total. The molecule has 1 aliphatic rings. The molecule has 0 bridgehead atoms. The van der Waals surface area contributed by atoms with E-state index in [4.69, 9.17) is 11.5 Å². The van der Waals surface area contributed by atoms with Gasteiger partial charge in [-0.2, -0.15) is 0 Å². The van der Waals surface area contributed by atoms with Crippen molar-refractivity contribution in [3.8, 4) is 0 Å². The number of rotatable bonds is 3. The van der Waals surface area contributed by atoms with Gasteiger partial charge in [-0.3, -0.25) is 0 Å². The van der Waals surface area contributed by atoms with Crippen molar-refractivity contribution >= 4 is 0 Å². The Morgan fingerprint density at radius 1 is 1.06 bits per heavy atom. The summed E-state index contributed by atoms with van der Waals surface area (Å²) in [6, 6.07) is 9.94. The molecule has 0 saturated carbocycles. The van der Waals surface area contributed by atoms with Gasteiger partial charge in [0.25, 0.3) is 0 Å². The first-order valence-electron chi connectivity index (χ1n) is 5.68. The quantitative estimate of drug-likeness (QED) is 0.810. The van der Waals surface area contributed by atoms with Crippen LogP contribution in [0.15, 0.2) is 54.6 Å². The minimum absolute atomic E-state index is 0.0244. The smallest absolute Gasteiger partial charge is 0.0454 e. The lowest BCUT2D eigenvalue weighted by atomic mass is 9.86. The fraction of sp³-hybridized carbons (Fsp3) is 0.286. The van der Waals surface area contributed by atoms with Crippen molar-refractivity contribution in [2.45, 2.75) is 18.5 Å². The minimum atomic E-state index is -0.0950. The third-order valence-electron chi connectivity index (χ3n) is 3.11. The highest BCUT2D eigenvalue weighted by atomic mass is 14.8. The maximum atomic E-state index is 6.21. The normalized spacial score (nSPS) is 23.0. The van der Waals surface area contributed by atoms with Crippen LogP contribution in [0.2, 0.25) is 0 Å². The highest BCUT2D eigenvalue weighted by Gasteiger charge is 2.22. The van der Waals surface area contributed by atoms with Crippen LogP contribution in [0.4, 0.5) is 0 Å². The second-order valence-corrected chi connectivity index (χ2v) is 4.23. The Labute approximate surface area is 96.6 Å². The first-order chi connectivity index (χ1) is 7.79. The lowest BCUT2D eigenvalue weighted by Crippen LogP contribution is -2.39. The van der Waals surface area contributed by atoms with Gasteiger partial charge in [0.1, 0.15) is 0 Å². The van der Waals surface area contributed by atoms with E-state index in [0.717, 1.165) is 12.0 Å². The number of hydrogen-bond acceptors (Lipinski definition) is 2. The van der Waals surface area contributed by atoms with Gasteiger partial charge in [-0.05, 0) is 17.9 Å². The van der Waals surface area contributed by atoms with Gasteiger partial charge in [-0.1, -0.05) is 54.6 Å². The van der Waals surface area contributed by atoms with E-state index in [1.807, 2.05) is 36.4 Å². The van der Waals surface area contributed by atoms with E-state index in [2.05, 4.69) is 18.2 Å². The fourth-order valence-corrected chi connectivity index (χ4v) is 2.05. The Balaban J connectivity index is 2.07. The van der Waals surface area contributed by atoms with Crippen LogP contribution in [0.5, 0.6) is 0 Å². The number of nitrogens with two attached hydrogens (primary N) is 2. The first kappa shape index (κ1) is 11.1. The summed E-state index contributed by atoms with van der Waals surface area (Å²) < 4.78 is 0. The number of benzene rings is 1. The van der Waals surface area contributed by atoms with E-state index in [1.54, 1.807) is 0 Å². The zero-order valence-corrected chi connectivity index (χ0v) is 9.29. The lowest BCUT2D eigenvalue weighted by molar-refractivity contribution is 0.431. The van der Waals surface area contributed by atoms with Crippen LogP contribution in [-0.2, 0) is 0 Å². The lowest BCUT2D eigenvalue weighted by Gasteiger charge is -2.27. The Morgan fingerprint density at radius 3 is 2.44 bits per heavy atom. The van der Waals surface area contributed by atoms with E-state index in [1.165, 1.54) is 0 Å². The Bertz CT molecular complexity index is 381. The Morgan fingerprint density at radius 2 is 1.81 bits per heavy atom. The van der Waals surface area contributed by atoms with E-state index in [-0.39, 0.29) is 12.1 Å². The molecule has 0 fully saturated rings. The molecule has 16 heavy (non-hydrogen) atoms. The predicted molar refractivity (Wildman–Crippen MR) is 67.7 cm³/mol. The molecule has 3 atom stereocenters. The molecule has 2 nitrogen and oxygen atoms in total. The van der Waals surface area contributed by atoms with Crippen LogP contribution in [0.1, 0.15) is 18.0 Å². The summed E-state index contributed by atoms with van der Waals surface area (Å²) in [7, 11) is 0. The molecule has 0 aliphatic heterocycles. The zero-order valence-electron chi connectivity index (χ0n) is 9.29. The highest BCUT2D eigenvalue weighted by Crippen LogP contribution is 2.23. The molecule has 0 amide bonds. The van der Waals surface area contributed by atoms with Gasteiger partial charge < -0.3 is 11.5 Å². The molecule has 1 aromatic carbocycles. The molecular formula is C14H18N2. The molecule has 0 saturated heterocycles. The zero-order chi connectivity index (χ0) is 11.4. The van der Waals surface area contributed by atoms with E-state index < -0.39 is 0 Å². The average Bonchev–Trinajstić information content (AvgIpc) is 2.39. The topological polar surface area (TPSA) is 52.0 Å². The van der Waals surface area contributed by atoms with Crippen molar-refractivity contribution < 1.29 is 0 Å². The maximum Gasteiger partial charge on any atom is 0.0454 e. The Hall–Kier alpha value is -1.38. The van der Waals surface area contributed by atoms with Crippen molar-refractivity contribution in [3.05, 3.63) is 60.2 Å². The van der Waals surface area contributed by atoms with E-state index >= 15 is 0 Å². The van der Waals surface area contributed by atoms with Gasteiger partial charge in [0.15, 0.2) is 0 Å². The van der Waals surface area contributed by atoms with Crippen LogP contribution < -0.4 is 11.5 Å². The van der Waals surface area contributed by atoms with Crippen LogP contribution in [0.25, 0.3) is 0 Å². The van der Waals surface area contributed by atoms with Gasteiger partial charge in [0.2, 0.25) is 0 Å². The van der Waals surface area contributed by atoms with E-state index in [0.29, 0.717) is 5.92 Å². The van der Waals surface area contributed by atoms with Gasteiger partial charge in [0, 0.05) is 12.1 Å². The molecule has 1 aromatic rings. The van der Waals surface area contributed by atoms with Crippen LogP contribution in [-0.4, -0.2) is 6.04 Å². The number of allylic oxidation sites excluding steroid dienone is 3. The second-order valence-electron chi connectivity index (χ2n) is 4.23. The summed E-state index contributed by atoms with van der Waals surface area (Å²) in [5, 5.41) is 0. The van der Waals surface area contributed by atoms with E-state index in [9.17, 15) is 0 Å². The van der Waals surface area contributed by atoms with Crippen molar-refractivity contribution in [1.29, 1.82) is 0 Å². The predicted octanol–water partition coefficient (Wildman–Crippen LogP) is 2.15. The molecule has 1 aliphatic carbocycles. The van der Waals surface area contributed by atoms with Crippen LogP contribution in [0, 0.1) is 5.92 Å². The van der Waals surface area contributed by atoms with Gasteiger partial charge in [-0.25, -0.2) is 0 Å². The van der Waals surface area contributed by atoms with Gasteiger partial charge in [0.05, 0.1) is 0 Å². The summed E-state index contributed by atoms with van der Waals surface area (Å²) in [4.78, 5) is 0. The average molecular weight is 214 g/mol. The summed E-state index contributed by atoms with van der Waals surface area (Å²) in [5.74, 6) is 0.347. The molecule has 0 spiro atoms. The van der Waals surface area contributed by atoms with Crippen LogP contribution >= 0.6 is 0 Å². The minimum Gasteiger partial charge on any atom is -0.326 e. The maximum absolute atomic E-state index is 6.21. The third-order valence-corrected chi connectivity index (χ3v) is 3.11. The summed E-state index contributed by atoms with van der Waals surface area (Å²) >= 11 is 0. The molecular weight excluding hydrogens is 196 g/mol. The molecule has 1 unspecified atom stereocenters. The second kappa shape index (κ2) is 5.10. The molecule has 0 aromatic heterocycles. The van der Waals surface area contributed by atoms with Gasteiger partial charge >= 0.3 is 0 Å². The largest absolute Gasteiger partial charge is 0.326 e. The summed E-state index contributed by atoms with van der Waals surface area (Å²) in [6.45, 7) is 0. The molecule has 2 rings (SSSR count). The fourth-order valence-electron chi connectivity index (χ4n) is 2.05. The Kier molecular flexibility index (Phi) is 3.54. The summed E-state index contributed by atoms with van der Waals surface area (Å²) in [5.41, 5.74) is 13.5. The standard InChI is InChI=1S/C14H18N2/c15-13(11-7-3-1-4-8-11)14(16)12-9-5-2-6-10-12/h1-9,12-14H,10,15-16H2/t12?,13-,14-/m0/s1. The SMILES string of the molecule is N[C@@H](c1ccccc1)[C@@H](N)C1C=CC=CC1. The van der Waals surface area contributed by atoms with Crippen molar-refractivity contribution in [2.24, 2.45) is 17.4 Å². The monoisotopic (exact) mass is 214 g/mol. The first-order valence-corrected chi connectivity index (χ1v) is 5.68. The summed E-state index contributed by atoms with van der Waals surface area (Å²) in [6.07, 6.45) is 9.37. The van der Waals surface area contributed by atoms with Crippen molar-refractivity contribution in [3.63, 3.8) is 0 Å². The van der Waals surface area contributed by atoms with Crippen molar-refractivity contribution in [2.75, 3.05) is 0 Å². The van der Waals surface area contributed by atoms with Gasteiger partial charge in [-0.15, -0.1) is 0 Å². The van der Waals surface area contributed by atoms with Crippen LogP contribution in [0.3, 0.4) is 0 Å².